The predicted molar refractivity (Wildman–Crippen MR) is 84.5 cm³/mol. The Balaban J connectivity index is 1.81. The zero-order chi connectivity index (χ0) is 18.6. The molecule has 2 saturated heterocycles. The van der Waals surface area contributed by atoms with Gasteiger partial charge in [0.15, 0.2) is 15.2 Å². The van der Waals surface area contributed by atoms with Crippen LogP contribution in [0.15, 0.2) is 30.3 Å². The van der Waals surface area contributed by atoms with Gasteiger partial charge in [-0.05, 0) is 19.4 Å². The Bertz CT molecular complexity index is 849. The molecular weight excluding hydrogens is 348 g/mol. The van der Waals surface area contributed by atoms with Crippen LogP contribution in [0.5, 0.6) is 0 Å². The third kappa shape index (κ3) is 2.41. The molecule has 134 valence electrons. The summed E-state index contributed by atoms with van der Waals surface area (Å²) in [7, 11) is -3.99. The lowest BCUT2D eigenvalue weighted by Gasteiger charge is -2.44. The van der Waals surface area contributed by atoms with Crippen LogP contribution < -0.4 is 10.4 Å². The van der Waals surface area contributed by atoms with E-state index >= 15 is 0 Å². The number of carboxylic acid groups (broad SMARTS) is 1. The van der Waals surface area contributed by atoms with Gasteiger partial charge < -0.3 is 20.1 Å². The van der Waals surface area contributed by atoms with Gasteiger partial charge in [0.2, 0.25) is 11.8 Å². The van der Waals surface area contributed by atoms with Crippen molar-refractivity contribution in [1.82, 2.24) is 10.2 Å². The summed E-state index contributed by atoms with van der Waals surface area (Å²) < 4.78 is 23.6. The average Bonchev–Trinajstić information content (AvgIpc) is 2.67. The summed E-state index contributed by atoms with van der Waals surface area (Å²) in [6.07, 6.45) is -0.00923. The van der Waals surface area contributed by atoms with E-state index in [9.17, 15) is 27.9 Å². The number of β-lactam (4-membered cyclic amide) rings is 1. The number of hydrogen-bond acceptors (Lipinski definition) is 6. The van der Waals surface area contributed by atoms with Gasteiger partial charge in [-0.1, -0.05) is 30.3 Å². The number of rotatable bonds is 4. The fourth-order valence-electron chi connectivity index (χ4n) is 3.43. The maximum atomic E-state index is 12.7. The number of hydrogen-bond donors (Lipinski definition) is 1. The highest BCUT2D eigenvalue weighted by Crippen LogP contribution is 2.45. The van der Waals surface area contributed by atoms with Crippen molar-refractivity contribution in [3.05, 3.63) is 35.9 Å². The van der Waals surface area contributed by atoms with Crippen LogP contribution >= 0.6 is 0 Å². The van der Waals surface area contributed by atoms with Crippen molar-refractivity contribution in [3.8, 4) is 0 Å². The van der Waals surface area contributed by atoms with Crippen LogP contribution in [0.25, 0.3) is 0 Å². The molecule has 1 aromatic rings. The molecule has 9 heteroatoms. The van der Waals surface area contributed by atoms with E-state index in [0.29, 0.717) is 5.56 Å². The second-order valence-electron chi connectivity index (χ2n) is 6.71. The summed E-state index contributed by atoms with van der Waals surface area (Å²) in [5.41, 5.74) is 0.714. The van der Waals surface area contributed by atoms with Gasteiger partial charge in [-0.3, -0.25) is 9.59 Å². The Morgan fingerprint density at radius 3 is 2.40 bits per heavy atom. The third-order valence-corrected chi connectivity index (χ3v) is 7.64. The van der Waals surface area contributed by atoms with E-state index in [2.05, 4.69) is 5.32 Å². The molecule has 2 aliphatic rings. The molecule has 0 aliphatic carbocycles. The minimum absolute atomic E-state index is 0.00923. The Kier molecular flexibility index (Phi) is 3.86. The van der Waals surface area contributed by atoms with E-state index < -0.39 is 49.8 Å². The maximum absolute atomic E-state index is 12.7. The molecule has 3 rings (SSSR count). The predicted octanol–water partition coefficient (Wildman–Crippen LogP) is -1.79. The highest BCUT2D eigenvalue weighted by atomic mass is 32.2. The molecule has 0 saturated carbocycles. The van der Waals surface area contributed by atoms with Gasteiger partial charge in [-0.15, -0.1) is 0 Å². The molecule has 25 heavy (non-hydrogen) atoms. The van der Waals surface area contributed by atoms with Crippen molar-refractivity contribution < 1.29 is 27.9 Å². The van der Waals surface area contributed by atoms with Gasteiger partial charge in [-0.25, -0.2) is 8.42 Å². The number of amides is 2. The number of nitrogens with zero attached hydrogens (tertiary/aromatic N) is 1. The van der Waals surface area contributed by atoms with Gasteiger partial charge in [0.1, 0.15) is 6.04 Å². The number of carbonyl (C=O) groups is 3. The molecule has 0 spiro atoms. The fourth-order valence-corrected chi connectivity index (χ4v) is 5.64. The van der Waals surface area contributed by atoms with Crippen LogP contribution in [0.4, 0.5) is 0 Å². The molecule has 1 N–H and O–H groups in total. The van der Waals surface area contributed by atoms with E-state index in [1.807, 2.05) is 0 Å². The number of aliphatic carboxylic acids is 1. The number of nitrogens with one attached hydrogen (secondary N) is 1. The average molecular weight is 365 g/mol. The number of benzene rings is 1. The minimum atomic E-state index is -3.99. The zero-order valence-electron chi connectivity index (χ0n) is 13.6. The second-order valence-corrected chi connectivity index (χ2v) is 9.34. The van der Waals surface area contributed by atoms with Crippen LogP contribution in [-0.2, 0) is 30.6 Å². The largest absolute Gasteiger partial charge is 0.548 e. The molecule has 2 heterocycles. The van der Waals surface area contributed by atoms with Crippen molar-refractivity contribution in [2.24, 2.45) is 0 Å². The Labute approximate surface area is 144 Å². The van der Waals surface area contributed by atoms with E-state index in [4.69, 9.17) is 0 Å². The molecule has 0 radical (unpaired) electrons. The normalized spacial score (nSPS) is 28.8. The lowest BCUT2D eigenvalue weighted by Crippen LogP contribution is -2.72. The van der Waals surface area contributed by atoms with Crippen LogP contribution in [0.1, 0.15) is 19.4 Å². The fraction of sp³-hybridized carbons (Fsp3) is 0.438. The van der Waals surface area contributed by atoms with E-state index in [-0.39, 0.29) is 6.42 Å². The first-order chi connectivity index (χ1) is 11.6. The molecule has 2 amide bonds. The second kappa shape index (κ2) is 5.55. The van der Waals surface area contributed by atoms with Crippen LogP contribution in [-0.4, -0.2) is 53.3 Å². The first-order valence-corrected chi connectivity index (χ1v) is 9.23. The maximum Gasteiger partial charge on any atom is 0.250 e. The van der Waals surface area contributed by atoms with Crippen molar-refractivity contribution in [1.29, 1.82) is 0 Å². The van der Waals surface area contributed by atoms with Crippen LogP contribution in [0.3, 0.4) is 0 Å². The van der Waals surface area contributed by atoms with Gasteiger partial charge in [-0.2, -0.15) is 0 Å². The van der Waals surface area contributed by atoms with Crippen molar-refractivity contribution in [2.45, 2.75) is 42.5 Å². The minimum Gasteiger partial charge on any atom is -0.548 e. The number of fused-ring (bicyclic) bond motifs is 1. The van der Waals surface area contributed by atoms with Crippen LogP contribution in [0.2, 0.25) is 0 Å². The zero-order valence-corrected chi connectivity index (χ0v) is 14.4. The molecular formula is C16H17N2O6S-. The van der Waals surface area contributed by atoms with Crippen molar-refractivity contribution in [3.63, 3.8) is 0 Å². The van der Waals surface area contributed by atoms with E-state index in [0.717, 1.165) is 4.90 Å². The first-order valence-electron chi connectivity index (χ1n) is 7.69. The molecule has 3 unspecified atom stereocenters. The van der Waals surface area contributed by atoms with Crippen LogP contribution in [0, 0.1) is 0 Å². The summed E-state index contributed by atoms with van der Waals surface area (Å²) in [5.74, 6) is -2.86. The van der Waals surface area contributed by atoms with E-state index in [1.54, 1.807) is 30.3 Å². The van der Waals surface area contributed by atoms with Gasteiger partial charge >= 0.3 is 0 Å². The smallest absolute Gasteiger partial charge is 0.250 e. The first kappa shape index (κ1) is 17.4. The summed E-state index contributed by atoms with van der Waals surface area (Å²) in [6.45, 7) is 2.49. The van der Waals surface area contributed by atoms with E-state index in [1.165, 1.54) is 13.8 Å². The molecule has 8 nitrogen and oxygen atoms in total. The molecule has 0 bridgehead atoms. The summed E-state index contributed by atoms with van der Waals surface area (Å²) >= 11 is 0. The van der Waals surface area contributed by atoms with Crippen molar-refractivity contribution in [2.75, 3.05) is 0 Å². The SMILES string of the molecule is CC1(C)C(C(=O)[O-])N2C(=O)C(NC(=O)Cc3ccccc3)C2S1(=O)=O. The Morgan fingerprint density at radius 2 is 1.84 bits per heavy atom. The lowest BCUT2D eigenvalue weighted by molar-refractivity contribution is -0.312. The molecule has 3 atom stereocenters. The standard InChI is InChI=1S/C16H18N2O6S/c1-16(2)12(15(21)22)18-13(20)11(14(18)25(16,23)24)17-10(19)8-9-6-4-3-5-7-9/h3-7,11-12,14H,8H2,1-2H3,(H,17,19)(H,21,22)/p-1. The highest BCUT2D eigenvalue weighted by Gasteiger charge is 2.70. The quantitative estimate of drug-likeness (QED) is 0.629. The number of sulfone groups is 1. The topological polar surface area (TPSA) is 124 Å². The van der Waals surface area contributed by atoms with Gasteiger partial charge in [0, 0.05) is 0 Å². The summed E-state index contributed by atoms with van der Waals surface area (Å²) in [4.78, 5) is 36.6. The third-order valence-electron chi connectivity index (χ3n) is 4.82. The summed E-state index contributed by atoms with van der Waals surface area (Å²) in [5, 5.41) is 12.4. The van der Waals surface area contributed by atoms with Crippen molar-refractivity contribution >= 4 is 27.6 Å². The molecule has 0 aromatic heterocycles. The summed E-state index contributed by atoms with van der Waals surface area (Å²) in [6, 6.07) is 5.93. The molecule has 1 aromatic carbocycles. The Morgan fingerprint density at radius 1 is 1.24 bits per heavy atom. The highest BCUT2D eigenvalue weighted by molar-refractivity contribution is 7.94. The monoisotopic (exact) mass is 365 g/mol. The molecule has 2 aliphatic heterocycles. The van der Waals surface area contributed by atoms with Gasteiger partial charge in [0.25, 0.3) is 0 Å². The number of carboxylic acids is 1. The number of carbonyl (C=O) groups excluding carboxylic acids is 3. The lowest BCUT2D eigenvalue weighted by atomic mass is 9.96. The Hall–Kier alpha value is -2.42. The molecule has 2 fully saturated rings. The van der Waals surface area contributed by atoms with Gasteiger partial charge in [0.05, 0.1) is 23.2 Å².